The van der Waals surface area contributed by atoms with E-state index in [-0.39, 0.29) is 22.3 Å². The van der Waals surface area contributed by atoms with Gasteiger partial charge in [0.25, 0.3) is 5.56 Å². The van der Waals surface area contributed by atoms with Gasteiger partial charge >= 0.3 is 0 Å². The van der Waals surface area contributed by atoms with Crippen LogP contribution in [0.1, 0.15) is 43.4 Å². The average molecular weight is 366 g/mol. The second-order valence-corrected chi connectivity index (χ2v) is 7.85. The SMILES string of the molecule is Cc1cc(=O)[nH]c(NCCNC(=O)C2(c3ccccc3)CC23CCCC3)n1. The normalized spacial score (nSPS) is 22.6. The highest BCUT2D eigenvalue weighted by Crippen LogP contribution is 2.72. The maximum atomic E-state index is 13.2. The van der Waals surface area contributed by atoms with Crippen molar-refractivity contribution < 1.29 is 4.79 Å². The van der Waals surface area contributed by atoms with Crippen molar-refractivity contribution in [1.29, 1.82) is 0 Å². The zero-order valence-corrected chi connectivity index (χ0v) is 15.7. The van der Waals surface area contributed by atoms with E-state index in [1.54, 1.807) is 6.92 Å². The van der Waals surface area contributed by atoms with Crippen LogP contribution in [0.2, 0.25) is 0 Å². The summed E-state index contributed by atoms with van der Waals surface area (Å²) >= 11 is 0. The smallest absolute Gasteiger partial charge is 0.252 e. The van der Waals surface area contributed by atoms with Crippen molar-refractivity contribution in [2.45, 2.75) is 44.4 Å². The van der Waals surface area contributed by atoms with Crippen molar-refractivity contribution in [1.82, 2.24) is 15.3 Å². The molecule has 1 aromatic heterocycles. The van der Waals surface area contributed by atoms with Gasteiger partial charge < -0.3 is 10.6 Å². The molecule has 1 aromatic carbocycles. The molecule has 6 heteroatoms. The molecule has 1 amide bonds. The van der Waals surface area contributed by atoms with E-state index >= 15 is 0 Å². The van der Waals surface area contributed by atoms with Crippen molar-refractivity contribution in [3.05, 3.63) is 58.0 Å². The molecule has 4 rings (SSSR count). The number of amides is 1. The van der Waals surface area contributed by atoms with Gasteiger partial charge in [-0.1, -0.05) is 43.2 Å². The van der Waals surface area contributed by atoms with Crippen LogP contribution in [-0.2, 0) is 10.2 Å². The molecule has 0 saturated heterocycles. The van der Waals surface area contributed by atoms with Crippen LogP contribution < -0.4 is 16.2 Å². The standard InChI is InChI=1S/C21H26N4O2/c1-15-13-17(26)25-19(24-15)23-12-11-22-18(27)21(16-7-3-2-4-8-16)14-20(21)9-5-6-10-20/h2-4,7-8,13H,5-6,9-12,14H2,1H3,(H,22,27)(H2,23,24,25,26). The molecule has 142 valence electrons. The molecule has 3 N–H and O–H groups in total. The number of aryl methyl sites for hydroxylation is 1. The van der Waals surface area contributed by atoms with Crippen LogP contribution in [0.15, 0.2) is 41.2 Å². The number of carbonyl (C=O) groups excluding carboxylic acids is 1. The third-order valence-electron chi connectivity index (χ3n) is 6.17. The van der Waals surface area contributed by atoms with E-state index in [9.17, 15) is 9.59 Å². The fourth-order valence-corrected chi connectivity index (χ4v) is 4.87. The number of anilines is 1. The third kappa shape index (κ3) is 3.13. The highest BCUT2D eigenvalue weighted by Gasteiger charge is 2.72. The van der Waals surface area contributed by atoms with Gasteiger partial charge in [-0.3, -0.25) is 14.6 Å². The number of nitrogens with one attached hydrogen (secondary N) is 3. The second kappa shape index (κ2) is 6.83. The van der Waals surface area contributed by atoms with Crippen LogP contribution in [0.3, 0.4) is 0 Å². The Morgan fingerprint density at radius 2 is 1.93 bits per heavy atom. The lowest BCUT2D eigenvalue weighted by Crippen LogP contribution is -2.40. The number of hydrogen-bond donors (Lipinski definition) is 3. The van der Waals surface area contributed by atoms with E-state index in [1.165, 1.54) is 18.9 Å². The zero-order chi connectivity index (χ0) is 18.9. The quantitative estimate of drug-likeness (QED) is 0.686. The molecular formula is C21H26N4O2. The number of hydrogen-bond acceptors (Lipinski definition) is 4. The first-order valence-corrected chi connectivity index (χ1v) is 9.71. The van der Waals surface area contributed by atoms with E-state index in [4.69, 9.17) is 0 Å². The van der Waals surface area contributed by atoms with Gasteiger partial charge in [0.2, 0.25) is 11.9 Å². The molecule has 2 aromatic rings. The lowest BCUT2D eigenvalue weighted by atomic mass is 9.84. The lowest BCUT2D eigenvalue weighted by Gasteiger charge is -2.22. The Kier molecular flexibility index (Phi) is 4.50. The molecule has 2 fully saturated rings. The molecule has 0 radical (unpaired) electrons. The first-order valence-electron chi connectivity index (χ1n) is 9.71. The van der Waals surface area contributed by atoms with Gasteiger partial charge in [0.05, 0.1) is 5.41 Å². The summed E-state index contributed by atoms with van der Waals surface area (Å²) < 4.78 is 0. The number of benzene rings is 1. The van der Waals surface area contributed by atoms with Gasteiger partial charge in [-0.2, -0.15) is 0 Å². The molecule has 2 aliphatic rings. The average Bonchev–Trinajstić information content (AvgIpc) is 3.06. The topological polar surface area (TPSA) is 86.9 Å². The number of nitrogens with zero attached hydrogens (tertiary/aromatic N) is 1. The van der Waals surface area contributed by atoms with Crippen LogP contribution in [0.4, 0.5) is 5.95 Å². The molecular weight excluding hydrogens is 340 g/mol. The van der Waals surface area contributed by atoms with Crippen molar-refractivity contribution in [3.8, 4) is 0 Å². The Morgan fingerprint density at radius 1 is 1.19 bits per heavy atom. The Morgan fingerprint density at radius 3 is 2.63 bits per heavy atom. The van der Waals surface area contributed by atoms with Crippen LogP contribution in [0.5, 0.6) is 0 Å². The molecule has 0 aliphatic heterocycles. The summed E-state index contributed by atoms with van der Waals surface area (Å²) in [6, 6.07) is 11.7. The first-order chi connectivity index (χ1) is 13.1. The highest BCUT2D eigenvalue weighted by atomic mass is 16.2. The summed E-state index contributed by atoms with van der Waals surface area (Å²) in [5.74, 6) is 0.564. The van der Waals surface area contributed by atoms with Gasteiger partial charge in [0.1, 0.15) is 0 Å². The van der Waals surface area contributed by atoms with Crippen molar-refractivity contribution in [3.63, 3.8) is 0 Å². The summed E-state index contributed by atoms with van der Waals surface area (Å²) in [5, 5.41) is 6.19. The molecule has 27 heavy (non-hydrogen) atoms. The fraction of sp³-hybridized carbons (Fsp3) is 0.476. The Hall–Kier alpha value is -2.63. The number of aromatic amines is 1. The van der Waals surface area contributed by atoms with E-state index in [1.807, 2.05) is 18.2 Å². The van der Waals surface area contributed by atoms with E-state index in [0.717, 1.165) is 24.8 Å². The van der Waals surface area contributed by atoms with E-state index < -0.39 is 0 Å². The third-order valence-corrected chi connectivity index (χ3v) is 6.17. The second-order valence-electron chi connectivity index (χ2n) is 7.85. The molecule has 6 nitrogen and oxygen atoms in total. The predicted octanol–water partition coefficient (Wildman–Crippen LogP) is 2.51. The molecule has 0 bridgehead atoms. The predicted molar refractivity (Wildman–Crippen MR) is 105 cm³/mol. The van der Waals surface area contributed by atoms with Gasteiger partial charge in [0.15, 0.2) is 0 Å². The Balaban J connectivity index is 1.41. The molecule has 2 saturated carbocycles. The summed E-state index contributed by atoms with van der Waals surface area (Å²) in [7, 11) is 0. The summed E-state index contributed by atoms with van der Waals surface area (Å²) in [6.07, 6.45) is 5.67. The van der Waals surface area contributed by atoms with Gasteiger partial charge in [0, 0.05) is 24.8 Å². The number of carbonyl (C=O) groups is 1. The monoisotopic (exact) mass is 366 g/mol. The fourth-order valence-electron chi connectivity index (χ4n) is 4.87. The molecule has 1 heterocycles. The molecule has 1 atom stereocenters. The van der Waals surface area contributed by atoms with Gasteiger partial charge in [-0.05, 0) is 37.2 Å². The van der Waals surface area contributed by atoms with Crippen molar-refractivity contribution in [2.24, 2.45) is 5.41 Å². The van der Waals surface area contributed by atoms with E-state index in [0.29, 0.717) is 24.7 Å². The molecule has 1 unspecified atom stereocenters. The Bertz CT molecular complexity index is 887. The number of aromatic nitrogens is 2. The van der Waals surface area contributed by atoms with Crippen LogP contribution in [-0.4, -0.2) is 29.0 Å². The summed E-state index contributed by atoms with van der Waals surface area (Å²) in [5.41, 5.74) is 1.39. The largest absolute Gasteiger partial charge is 0.354 e. The van der Waals surface area contributed by atoms with Gasteiger partial charge in [-0.25, -0.2) is 4.98 Å². The maximum Gasteiger partial charge on any atom is 0.252 e. The number of rotatable bonds is 6. The molecule has 2 aliphatic carbocycles. The molecule has 1 spiro atoms. The van der Waals surface area contributed by atoms with Gasteiger partial charge in [-0.15, -0.1) is 0 Å². The zero-order valence-electron chi connectivity index (χ0n) is 15.7. The van der Waals surface area contributed by atoms with Crippen LogP contribution in [0, 0.1) is 12.3 Å². The minimum absolute atomic E-state index is 0.128. The van der Waals surface area contributed by atoms with E-state index in [2.05, 4.69) is 32.7 Å². The lowest BCUT2D eigenvalue weighted by molar-refractivity contribution is -0.124. The maximum absolute atomic E-state index is 13.2. The van der Waals surface area contributed by atoms with Crippen LogP contribution >= 0.6 is 0 Å². The van der Waals surface area contributed by atoms with Crippen molar-refractivity contribution >= 4 is 11.9 Å². The summed E-state index contributed by atoms with van der Waals surface area (Å²) in [4.78, 5) is 31.6. The van der Waals surface area contributed by atoms with Crippen LogP contribution in [0.25, 0.3) is 0 Å². The Labute approximate surface area is 158 Å². The summed E-state index contributed by atoms with van der Waals surface area (Å²) in [6.45, 7) is 2.77. The minimum atomic E-state index is -0.374. The first kappa shape index (κ1) is 17.8. The van der Waals surface area contributed by atoms with Crippen molar-refractivity contribution in [2.75, 3.05) is 18.4 Å². The highest BCUT2D eigenvalue weighted by molar-refractivity contribution is 5.93. The number of H-pyrrole nitrogens is 1. The minimum Gasteiger partial charge on any atom is -0.354 e.